The Morgan fingerprint density at radius 2 is 1.67 bits per heavy atom. The van der Waals surface area contributed by atoms with Gasteiger partial charge in [0.25, 0.3) is 15.9 Å². The summed E-state index contributed by atoms with van der Waals surface area (Å²) in [6.45, 7) is 1.22. The number of carboxylic acids is 1. The van der Waals surface area contributed by atoms with E-state index < -0.39 is 33.8 Å². The summed E-state index contributed by atoms with van der Waals surface area (Å²) >= 11 is 0. The molecular formula is C21H16F3N3O5S. The molecule has 172 valence electrons. The summed E-state index contributed by atoms with van der Waals surface area (Å²) in [5.74, 6) is -2.01. The second kappa shape index (κ2) is 8.90. The molecule has 0 bridgehead atoms. The van der Waals surface area contributed by atoms with Gasteiger partial charge in [0.1, 0.15) is 5.69 Å². The highest BCUT2D eigenvalue weighted by Gasteiger charge is 2.33. The SMILES string of the molecule is Cc1nc(C(F)(F)F)ccc1NS(=O)(=O)c1cccc(C(=O)Nc2ccccc2C(=O)O)c1. The molecule has 2 aromatic carbocycles. The molecule has 0 saturated heterocycles. The fourth-order valence-electron chi connectivity index (χ4n) is 2.81. The molecular weight excluding hydrogens is 463 g/mol. The Morgan fingerprint density at radius 1 is 0.970 bits per heavy atom. The predicted octanol–water partition coefficient (Wildman–Crippen LogP) is 4.16. The van der Waals surface area contributed by atoms with Gasteiger partial charge in [0.05, 0.1) is 27.5 Å². The number of rotatable bonds is 6. The quantitative estimate of drug-likeness (QED) is 0.488. The van der Waals surface area contributed by atoms with Crippen LogP contribution in [0.25, 0.3) is 0 Å². The Bertz CT molecular complexity index is 1340. The van der Waals surface area contributed by atoms with Crippen LogP contribution in [-0.2, 0) is 16.2 Å². The van der Waals surface area contributed by atoms with E-state index in [1.54, 1.807) is 0 Å². The van der Waals surface area contributed by atoms with Gasteiger partial charge >= 0.3 is 12.1 Å². The fourth-order valence-corrected chi connectivity index (χ4v) is 3.97. The molecule has 33 heavy (non-hydrogen) atoms. The molecule has 1 amide bonds. The molecule has 3 rings (SSSR count). The lowest BCUT2D eigenvalue weighted by Gasteiger charge is -2.13. The summed E-state index contributed by atoms with van der Waals surface area (Å²) in [4.78, 5) is 26.9. The third-order valence-electron chi connectivity index (χ3n) is 4.43. The van der Waals surface area contributed by atoms with Crippen LogP contribution < -0.4 is 10.0 Å². The normalized spacial score (nSPS) is 11.6. The molecule has 0 unspecified atom stereocenters. The van der Waals surface area contributed by atoms with Gasteiger partial charge in [-0.1, -0.05) is 18.2 Å². The summed E-state index contributed by atoms with van der Waals surface area (Å²) < 4.78 is 66.0. The number of hydrogen-bond acceptors (Lipinski definition) is 5. The van der Waals surface area contributed by atoms with E-state index >= 15 is 0 Å². The second-order valence-electron chi connectivity index (χ2n) is 6.77. The van der Waals surface area contributed by atoms with Gasteiger partial charge in [-0.25, -0.2) is 18.2 Å². The van der Waals surface area contributed by atoms with Crippen molar-refractivity contribution in [3.63, 3.8) is 0 Å². The Hall–Kier alpha value is -3.93. The number of alkyl halides is 3. The number of carboxylic acid groups (broad SMARTS) is 1. The standard InChI is InChI=1S/C21H16F3N3O5S/c1-12-16(9-10-18(25-12)21(22,23)24)27-33(31,32)14-6-4-5-13(11-14)19(28)26-17-8-3-2-7-15(17)20(29)30/h2-11,27H,1H3,(H,26,28)(H,29,30). The fraction of sp³-hybridized carbons (Fsp3) is 0.0952. The molecule has 3 aromatic rings. The Morgan fingerprint density at radius 3 is 2.30 bits per heavy atom. The van der Waals surface area contributed by atoms with E-state index in [1.165, 1.54) is 49.4 Å². The first-order valence-corrected chi connectivity index (χ1v) is 10.7. The van der Waals surface area contributed by atoms with Crippen LogP contribution in [0.2, 0.25) is 0 Å². The van der Waals surface area contributed by atoms with Crippen molar-refractivity contribution < 1.29 is 36.3 Å². The number of aromatic nitrogens is 1. The zero-order chi connectivity index (χ0) is 24.4. The summed E-state index contributed by atoms with van der Waals surface area (Å²) in [6.07, 6.45) is -4.68. The zero-order valence-corrected chi connectivity index (χ0v) is 17.7. The number of aromatic carboxylic acids is 1. The van der Waals surface area contributed by atoms with Gasteiger partial charge in [0.15, 0.2) is 0 Å². The third kappa shape index (κ3) is 5.47. The lowest BCUT2D eigenvalue weighted by Crippen LogP contribution is -2.18. The van der Waals surface area contributed by atoms with Gasteiger partial charge in [-0.2, -0.15) is 13.2 Å². The van der Waals surface area contributed by atoms with Crippen LogP contribution in [0.1, 0.15) is 32.1 Å². The van der Waals surface area contributed by atoms with Crippen LogP contribution in [0.3, 0.4) is 0 Å². The Kier molecular flexibility index (Phi) is 6.40. The lowest BCUT2D eigenvalue weighted by molar-refractivity contribution is -0.141. The molecule has 3 N–H and O–H groups in total. The van der Waals surface area contributed by atoms with Crippen molar-refractivity contribution in [2.24, 2.45) is 0 Å². The van der Waals surface area contributed by atoms with Gasteiger partial charge in [-0.3, -0.25) is 9.52 Å². The van der Waals surface area contributed by atoms with Crippen molar-refractivity contribution in [3.8, 4) is 0 Å². The number of nitrogens with one attached hydrogen (secondary N) is 2. The van der Waals surface area contributed by atoms with Gasteiger partial charge in [-0.05, 0) is 49.4 Å². The van der Waals surface area contributed by atoms with Crippen LogP contribution in [-0.4, -0.2) is 30.4 Å². The van der Waals surface area contributed by atoms with Crippen molar-refractivity contribution in [3.05, 3.63) is 83.2 Å². The van der Waals surface area contributed by atoms with E-state index in [2.05, 4.69) is 15.0 Å². The Balaban J connectivity index is 1.85. The minimum Gasteiger partial charge on any atom is -0.478 e. The molecule has 0 atom stereocenters. The number of anilines is 2. The minimum absolute atomic E-state index is 0.0211. The van der Waals surface area contributed by atoms with E-state index in [1.807, 2.05) is 0 Å². The average Bonchev–Trinajstić information content (AvgIpc) is 2.74. The van der Waals surface area contributed by atoms with Gasteiger partial charge in [-0.15, -0.1) is 0 Å². The predicted molar refractivity (Wildman–Crippen MR) is 113 cm³/mol. The molecule has 0 spiro atoms. The number of benzene rings is 2. The number of sulfonamides is 1. The number of pyridine rings is 1. The monoisotopic (exact) mass is 479 g/mol. The number of aryl methyl sites for hydroxylation is 1. The largest absolute Gasteiger partial charge is 0.478 e. The number of hydrogen-bond donors (Lipinski definition) is 3. The maximum atomic E-state index is 12.8. The smallest absolute Gasteiger partial charge is 0.433 e. The van der Waals surface area contributed by atoms with Crippen molar-refractivity contribution in [2.75, 3.05) is 10.0 Å². The van der Waals surface area contributed by atoms with E-state index in [0.29, 0.717) is 6.07 Å². The number of nitrogens with zero attached hydrogens (tertiary/aromatic N) is 1. The summed E-state index contributed by atoms with van der Waals surface area (Å²) in [5, 5.41) is 11.6. The molecule has 12 heteroatoms. The van der Waals surface area contributed by atoms with Crippen LogP contribution in [0.15, 0.2) is 65.6 Å². The van der Waals surface area contributed by atoms with Crippen LogP contribution in [0, 0.1) is 6.92 Å². The minimum atomic E-state index is -4.68. The zero-order valence-electron chi connectivity index (χ0n) is 16.8. The maximum absolute atomic E-state index is 12.8. The molecule has 0 aliphatic carbocycles. The summed E-state index contributed by atoms with van der Waals surface area (Å²) in [7, 11) is -4.28. The van der Waals surface area contributed by atoms with E-state index in [9.17, 15) is 36.3 Å². The number of halogens is 3. The molecule has 0 saturated carbocycles. The molecule has 0 radical (unpaired) electrons. The molecule has 0 fully saturated rings. The summed E-state index contributed by atoms with van der Waals surface area (Å²) in [6, 6.07) is 12.1. The molecule has 1 aromatic heterocycles. The topological polar surface area (TPSA) is 125 Å². The highest BCUT2D eigenvalue weighted by Crippen LogP contribution is 2.30. The lowest BCUT2D eigenvalue weighted by atomic mass is 10.1. The molecule has 8 nitrogen and oxygen atoms in total. The highest BCUT2D eigenvalue weighted by molar-refractivity contribution is 7.92. The highest BCUT2D eigenvalue weighted by atomic mass is 32.2. The van der Waals surface area contributed by atoms with Gasteiger partial charge in [0, 0.05) is 5.56 Å². The molecule has 0 aliphatic heterocycles. The first-order chi connectivity index (χ1) is 15.4. The molecule has 1 heterocycles. The number of para-hydroxylation sites is 1. The summed E-state index contributed by atoms with van der Waals surface area (Å²) in [5.41, 5.74) is -1.72. The van der Waals surface area contributed by atoms with E-state index in [-0.39, 0.29) is 33.1 Å². The van der Waals surface area contributed by atoms with Crippen molar-refractivity contribution in [1.82, 2.24) is 4.98 Å². The van der Waals surface area contributed by atoms with E-state index in [4.69, 9.17) is 0 Å². The van der Waals surface area contributed by atoms with Crippen LogP contribution in [0.4, 0.5) is 24.5 Å². The van der Waals surface area contributed by atoms with Crippen molar-refractivity contribution in [2.45, 2.75) is 18.0 Å². The van der Waals surface area contributed by atoms with Crippen LogP contribution >= 0.6 is 0 Å². The third-order valence-corrected chi connectivity index (χ3v) is 5.80. The number of carbonyl (C=O) groups is 2. The molecule has 0 aliphatic rings. The van der Waals surface area contributed by atoms with Gasteiger partial charge < -0.3 is 10.4 Å². The first-order valence-electron chi connectivity index (χ1n) is 9.20. The van der Waals surface area contributed by atoms with Gasteiger partial charge in [0.2, 0.25) is 0 Å². The van der Waals surface area contributed by atoms with E-state index in [0.717, 1.165) is 12.1 Å². The van der Waals surface area contributed by atoms with Crippen molar-refractivity contribution in [1.29, 1.82) is 0 Å². The average molecular weight is 479 g/mol. The number of amides is 1. The Labute approximate surface area is 186 Å². The number of carbonyl (C=O) groups excluding carboxylic acids is 1. The first kappa shape index (κ1) is 23.7. The van der Waals surface area contributed by atoms with Crippen molar-refractivity contribution >= 4 is 33.3 Å². The second-order valence-corrected chi connectivity index (χ2v) is 8.45. The van der Waals surface area contributed by atoms with Crippen LogP contribution in [0.5, 0.6) is 0 Å². The maximum Gasteiger partial charge on any atom is 0.433 e.